The van der Waals surface area contributed by atoms with Crippen LogP contribution in [0.5, 0.6) is 0 Å². The molecule has 174 valence electrons. The van der Waals surface area contributed by atoms with Crippen molar-refractivity contribution >= 4 is 22.5 Å². The van der Waals surface area contributed by atoms with Gasteiger partial charge in [0.2, 0.25) is 0 Å². The fourth-order valence-corrected chi connectivity index (χ4v) is 3.80. The van der Waals surface area contributed by atoms with E-state index in [1.165, 1.54) is 12.1 Å². The lowest BCUT2D eigenvalue weighted by Gasteiger charge is -2.17. The maximum absolute atomic E-state index is 12.9. The van der Waals surface area contributed by atoms with Crippen LogP contribution in [0.4, 0.5) is 19.0 Å². The Bertz CT molecular complexity index is 1330. The van der Waals surface area contributed by atoms with Gasteiger partial charge in [0.05, 0.1) is 17.3 Å². The lowest BCUT2D eigenvalue weighted by atomic mass is 9.96. The molecule has 1 amide bonds. The molecule has 1 heterocycles. The average molecular weight is 464 g/mol. The number of hydrogen-bond acceptors (Lipinski definition) is 3. The predicted molar refractivity (Wildman–Crippen MR) is 129 cm³/mol. The highest BCUT2D eigenvalue weighted by atomic mass is 19.4. The molecular weight excluding hydrogens is 439 g/mol. The summed E-state index contributed by atoms with van der Waals surface area (Å²) in [6.45, 7) is 1.88. The zero-order valence-electron chi connectivity index (χ0n) is 19.0. The van der Waals surface area contributed by atoms with Crippen LogP contribution < -0.4 is 10.2 Å². The van der Waals surface area contributed by atoms with Gasteiger partial charge in [0, 0.05) is 19.7 Å². The van der Waals surface area contributed by atoms with Crippen LogP contribution in [0.2, 0.25) is 0 Å². The minimum atomic E-state index is -4.38. The summed E-state index contributed by atoms with van der Waals surface area (Å²) in [7, 11) is 3.81. The van der Waals surface area contributed by atoms with Gasteiger partial charge in [-0.2, -0.15) is 13.2 Å². The van der Waals surface area contributed by atoms with Crippen molar-refractivity contribution < 1.29 is 18.0 Å². The first kappa shape index (κ1) is 23.3. The maximum Gasteiger partial charge on any atom is 0.416 e. The van der Waals surface area contributed by atoms with E-state index in [4.69, 9.17) is 0 Å². The van der Waals surface area contributed by atoms with Gasteiger partial charge in [0.25, 0.3) is 5.91 Å². The Balaban J connectivity index is 1.58. The van der Waals surface area contributed by atoms with Crippen LogP contribution in [0.3, 0.4) is 0 Å². The Labute approximate surface area is 196 Å². The first-order chi connectivity index (χ1) is 16.1. The van der Waals surface area contributed by atoms with E-state index in [9.17, 15) is 18.0 Å². The molecule has 7 heteroatoms. The van der Waals surface area contributed by atoms with Crippen molar-refractivity contribution in [1.82, 2.24) is 10.3 Å². The predicted octanol–water partition coefficient (Wildman–Crippen LogP) is 6.48. The molecule has 0 saturated carbocycles. The third-order valence-electron chi connectivity index (χ3n) is 5.67. The molecule has 1 unspecified atom stereocenters. The fraction of sp³-hybridized carbons (Fsp3) is 0.185. The van der Waals surface area contributed by atoms with Gasteiger partial charge in [0.15, 0.2) is 0 Å². The molecule has 4 rings (SSSR count). The van der Waals surface area contributed by atoms with Gasteiger partial charge in [-0.05, 0) is 65.2 Å². The van der Waals surface area contributed by atoms with Gasteiger partial charge in [-0.25, -0.2) is 4.98 Å². The number of aromatic nitrogens is 1. The highest BCUT2D eigenvalue weighted by Crippen LogP contribution is 2.33. The second-order valence-corrected chi connectivity index (χ2v) is 8.33. The number of nitrogens with zero attached hydrogens (tertiary/aromatic N) is 2. The SMILES string of the molecule is CC(NC(=O)c1ccc2c(-c3ccc(C(F)(F)F)cc3)cccc2c1)c1cccc(N(C)C)n1. The number of carbonyl (C=O) groups is 1. The van der Waals surface area contributed by atoms with Crippen LogP contribution in [0.1, 0.15) is 34.6 Å². The molecule has 0 spiro atoms. The van der Waals surface area contributed by atoms with E-state index in [-0.39, 0.29) is 11.9 Å². The second-order valence-electron chi connectivity index (χ2n) is 8.33. The van der Waals surface area contributed by atoms with Crippen molar-refractivity contribution in [1.29, 1.82) is 0 Å². The number of benzene rings is 3. The number of rotatable bonds is 5. The molecule has 1 atom stereocenters. The van der Waals surface area contributed by atoms with Gasteiger partial charge >= 0.3 is 6.18 Å². The summed E-state index contributed by atoms with van der Waals surface area (Å²) < 4.78 is 38.7. The van der Waals surface area contributed by atoms with Crippen LogP contribution in [0.15, 0.2) is 78.9 Å². The number of alkyl halides is 3. The third kappa shape index (κ3) is 4.88. The normalized spacial score (nSPS) is 12.4. The summed E-state index contributed by atoms with van der Waals surface area (Å²) in [6.07, 6.45) is -4.38. The molecule has 4 nitrogen and oxygen atoms in total. The minimum absolute atomic E-state index is 0.230. The molecule has 0 fully saturated rings. The molecule has 34 heavy (non-hydrogen) atoms. The third-order valence-corrected chi connectivity index (χ3v) is 5.67. The number of nitrogens with one attached hydrogen (secondary N) is 1. The van der Waals surface area contributed by atoms with Crippen LogP contribution in [-0.4, -0.2) is 25.0 Å². The van der Waals surface area contributed by atoms with E-state index in [0.29, 0.717) is 11.1 Å². The number of fused-ring (bicyclic) bond motifs is 1. The van der Waals surface area contributed by atoms with Crippen molar-refractivity contribution in [3.05, 3.63) is 95.7 Å². The summed E-state index contributed by atoms with van der Waals surface area (Å²) in [6, 6.07) is 21.4. The summed E-state index contributed by atoms with van der Waals surface area (Å²) in [5.41, 5.74) is 2.04. The zero-order valence-corrected chi connectivity index (χ0v) is 19.0. The lowest BCUT2D eigenvalue weighted by molar-refractivity contribution is -0.137. The molecule has 1 aromatic heterocycles. The topological polar surface area (TPSA) is 45.2 Å². The number of halogens is 3. The van der Waals surface area contributed by atoms with Crippen LogP contribution in [0.25, 0.3) is 21.9 Å². The summed E-state index contributed by atoms with van der Waals surface area (Å²) in [5, 5.41) is 4.66. The van der Waals surface area contributed by atoms with Crippen molar-refractivity contribution in [3.63, 3.8) is 0 Å². The first-order valence-electron chi connectivity index (χ1n) is 10.8. The number of anilines is 1. The number of pyridine rings is 1. The number of hydrogen-bond donors (Lipinski definition) is 1. The van der Waals surface area contributed by atoms with Crippen LogP contribution >= 0.6 is 0 Å². The Kier molecular flexibility index (Phi) is 6.28. The monoisotopic (exact) mass is 463 g/mol. The summed E-state index contributed by atoms with van der Waals surface area (Å²) >= 11 is 0. The quantitative estimate of drug-likeness (QED) is 0.369. The Morgan fingerprint density at radius 1 is 0.941 bits per heavy atom. The molecule has 1 N–H and O–H groups in total. The molecule has 0 saturated heterocycles. The van der Waals surface area contributed by atoms with Gasteiger partial charge in [-0.1, -0.05) is 42.5 Å². The summed E-state index contributed by atoms with van der Waals surface area (Å²) in [5.74, 6) is 0.575. The first-order valence-corrected chi connectivity index (χ1v) is 10.8. The van der Waals surface area contributed by atoms with Gasteiger partial charge < -0.3 is 10.2 Å². The van der Waals surface area contributed by atoms with E-state index in [1.54, 1.807) is 12.1 Å². The molecule has 0 aliphatic carbocycles. The highest BCUT2D eigenvalue weighted by Gasteiger charge is 2.30. The van der Waals surface area contributed by atoms with E-state index >= 15 is 0 Å². The number of amides is 1. The Hall–Kier alpha value is -3.87. The Morgan fingerprint density at radius 3 is 2.32 bits per heavy atom. The average Bonchev–Trinajstić information content (AvgIpc) is 2.82. The molecule has 0 radical (unpaired) electrons. The van der Waals surface area contributed by atoms with E-state index < -0.39 is 11.7 Å². The molecule has 0 aliphatic rings. The maximum atomic E-state index is 12.9. The van der Waals surface area contributed by atoms with Crippen molar-refractivity contribution in [2.24, 2.45) is 0 Å². The van der Waals surface area contributed by atoms with Gasteiger partial charge in [-0.15, -0.1) is 0 Å². The van der Waals surface area contributed by atoms with Gasteiger partial charge in [0.1, 0.15) is 5.82 Å². The van der Waals surface area contributed by atoms with Crippen LogP contribution in [-0.2, 0) is 6.18 Å². The van der Waals surface area contributed by atoms with Gasteiger partial charge in [-0.3, -0.25) is 4.79 Å². The van der Waals surface area contributed by atoms with E-state index in [1.807, 2.05) is 68.4 Å². The summed E-state index contributed by atoms with van der Waals surface area (Å²) in [4.78, 5) is 19.4. The van der Waals surface area contributed by atoms with E-state index in [0.717, 1.165) is 40.0 Å². The second kappa shape index (κ2) is 9.17. The molecular formula is C27H24F3N3O. The fourth-order valence-electron chi connectivity index (χ4n) is 3.80. The Morgan fingerprint density at radius 2 is 1.65 bits per heavy atom. The van der Waals surface area contributed by atoms with E-state index in [2.05, 4.69) is 10.3 Å². The molecule has 4 aromatic rings. The molecule has 3 aromatic carbocycles. The smallest absolute Gasteiger partial charge is 0.363 e. The molecule has 0 bridgehead atoms. The van der Waals surface area contributed by atoms with Crippen molar-refractivity contribution in [3.8, 4) is 11.1 Å². The zero-order chi connectivity index (χ0) is 24.5. The highest BCUT2D eigenvalue weighted by molar-refractivity contribution is 6.02. The van der Waals surface area contributed by atoms with Crippen molar-refractivity contribution in [2.75, 3.05) is 19.0 Å². The van der Waals surface area contributed by atoms with Crippen LogP contribution in [0, 0.1) is 0 Å². The lowest BCUT2D eigenvalue weighted by Crippen LogP contribution is -2.27. The number of carbonyl (C=O) groups excluding carboxylic acids is 1. The largest absolute Gasteiger partial charge is 0.416 e. The standard InChI is InChI=1S/C27H24F3N3O/c1-17(24-8-5-9-25(32-24)33(2)3)31-26(34)20-12-15-23-19(16-20)6-4-7-22(23)18-10-13-21(14-11-18)27(28,29)30/h4-17H,1-3H3,(H,31,34). The van der Waals surface area contributed by atoms with Crippen molar-refractivity contribution in [2.45, 2.75) is 19.1 Å². The molecule has 0 aliphatic heterocycles. The minimum Gasteiger partial charge on any atom is -0.363 e.